The highest BCUT2D eigenvalue weighted by Crippen LogP contribution is 2.07. The minimum atomic E-state index is -0.466. The number of hydrogen-bond acceptors (Lipinski definition) is 3. The Morgan fingerprint density at radius 3 is 2.79 bits per heavy atom. The van der Waals surface area contributed by atoms with Gasteiger partial charge in [0.1, 0.15) is 6.54 Å². The fraction of sp³-hybridized carbons (Fsp3) is 0.308. The maximum Gasteiger partial charge on any atom is 0.431 e. The van der Waals surface area contributed by atoms with Crippen LogP contribution >= 0.6 is 0 Å². The number of amides is 1. The Morgan fingerprint density at radius 1 is 1.47 bits per heavy atom. The highest BCUT2D eigenvalue weighted by Gasteiger charge is 2.22. The molecule has 0 atom stereocenters. The van der Waals surface area contributed by atoms with Gasteiger partial charge in [-0.05, 0) is 24.3 Å². The van der Waals surface area contributed by atoms with E-state index in [1.54, 1.807) is 20.2 Å². The van der Waals surface area contributed by atoms with Gasteiger partial charge < -0.3 is 4.90 Å². The van der Waals surface area contributed by atoms with Crippen LogP contribution < -0.4 is 10.3 Å². The molecule has 0 radical (unpaired) electrons. The molecule has 0 aliphatic rings. The number of rotatable bonds is 3. The molecule has 0 unspecified atom stereocenters. The second-order valence-electron chi connectivity index (χ2n) is 4.52. The molecule has 0 aliphatic carbocycles. The van der Waals surface area contributed by atoms with Crippen molar-refractivity contribution in [2.24, 2.45) is 7.05 Å². The molecule has 0 fully saturated rings. The maximum atomic E-state index is 12.2. The summed E-state index contributed by atoms with van der Waals surface area (Å²) >= 11 is 0. The first kappa shape index (κ1) is 13.1. The van der Waals surface area contributed by atoms with Crippen LogP contribution in [0, 0.1) is 6.92 Å². The third-order valence-corrected chi connectivity index (χ3v) is 2.91. The lowest BCUT2D eigenvalue weighted by Gasteiger charge is -2.14. The van der Waals surface area contributed by atoms with Gasteiger partial charge in [-0.15, -0.1) is 0 Å². The Labute approximate surface area is 110 Å². The number of aromatic amines is 1. The van der Waals surface area contributed by atoms with Gasteiger partial charge in [-0.25, -0.2) is 4.79 Å². The second kappa shape index (κ2) is 5.09. The standard InChI is InChI=1S/C13H15N3O3/c1-9-5-4-6-10(7-9)12(17)15(2)8-11-13(18)19-14-16(11)3/h4-7H,8H2,1-3H3/p+1. The number of nitrogens with one attached hydrogen (secondary N) is 1. The fourth-order valence-electron chi connectivity index (χ4n) is 1.83. The van der Waals surface area contributed by atoms with Gasteiger partial charge in [0.2, 0.25) is 0 Å². The highest BCUT2D eigenvalue weighted by molar-refractivity contribution is 5.94. The van der Waals surface area contributed by atoms with Crippen molar-refractivity contribution in [1.29, 1.82) is 0 Å². The van der Waals surface area contributed by atoms with E-state index in [4.69, 9.17) is 0 Å². The lowest BCUT2D eigenvalue weighted by Crippen LogP contribution is -2.40. The minimum Gasteiger partial charge on any atom is -0.331 e. The number of aromatic nitrogens is 2. The van der Waals surface area contributed by atoms with Gasteiger partial charge in [-0.1, -0.05) is 22.4 Å². The summed E-state index contributed by atoms with van der Waals surface area (Å²) in [6.07, 6.45) is 0. The topological polar surface area (TPSA) is 70.2 Å². The maximum absolute atomic E-state index is 12.2. The molecule has 2 aromatic rings. The lowest BCUT2D eigenvalue weighted by atomic mass is 10.1. The molecule has 6 nitrogen and oxygen atoms in total. The Kier molecular flexibility index (Phi) is 3.50. The number of benzene rings is 1. The summed E-state index contributed by atoms with van der Waals surface area (Å²) in [5, 5.41) is 2.42. The summed E-state index contributed by atoms with van der Waals surface area (Å²) in [5.74, 6) is -0.135. The lowest BCUT2D eigenvalue weighted by molar-refractivity contribution is -0.746. The molecule has 1 heterocycles. The predicted molar refractivity (Wildman–Crippen MR) is 67.5 cm³/mol. The third kappa shape index (κ3) is 2.73. The van der Waals surface area contributed by atoms with Crippen LogP contribution in [0.5, 0.6) is 0 Å². The van der Waals surface area contributed by atoms with E-state index in [9.17, 15) is 9.59 Å². The Bertz CT molecular complexity index is 657. The molecule has 0 bridgehead atoms. The molecular formula is C13H16N3O3+. The zero-order valence-corrected chi connectivity index (χ0v) is 11.1. The van der Waals surface area contributed by atoms with Gasteiger partial charge >= 0.3 is 11.3 Å². The number of H-pyrrole nitrogens is 1. The van der Waals surface area contributed by atoms with Crippen LogP contribution in [-0.4, -0.2) is 23.1 Å². The van der Waals surface area contributed by atoms with E-state index in [1.165, 1.54) is 9.58 Å². The van der Waals surface area contributed by atoms with E-state index in [-0.39, 0.29) is 12.5 Å². The molecule has 0 aliphatic heterocycles. The van der Waals surface area contributed by atoms with E-state index >= 15 is 0 Å². The van der Waals surface area contributed by atoms with E-state index in [2.05, 4.69) is 9.79 Å². The van der Waals surface area contributed by atoms with Crippen molar-refractivity contribution in [3.63, 3.8) is 0 Å². The zero-order valence-electron chi connectivity index (χ0n) is 11.1. The summed E-state index contributed by atoms with van der Waals surface area (Å²) < 4.78 is 6.11. The van der Waals surface area contributed by atoms with Crippen LogP contribution in [0.25, 0.3) is 0 Å². The van der Waals surface area contributed by atoms with Crippen molar-refractivity contribution < 1.29 is 14.0 Å². The monoisotopic (exact) mass is 262 g/mol. The van der Waals surface area contributed by atoms with E-state index in [1.807, 2.05) is 25.1 Å². The molecule has 1 aromatic carbocycles. The minimum absolute atomic E-state index is 0.135. The first-order chi connectivity index (χ1) is 8.99. The van der Waals surface area contributed by atoms with E-state index in [0.29, 0.717) is 11.3 Å². The SMILES string of the molecule is Cc1cccc(C(=O)N(C)Cc2c(=O)o[nH][n+]2C)c1. The normalized spacial score (nSPS) is 10.5. The van der Waals surface area contributed by atoms with Crippen molar-refractivity contribution >= 4 is 5.91 Å². The van der Waals surface area contributed by atoms with Gasteiger partial charge in [-0.2, -0.15) is 0 Å². The van der Waals surface area contributed by atoms with Crippen LogP contribution in [0.15, 0.2) is 33.6 Å². The van der Waals surface area contributed by atoms with Crippen LogP contribution in [-0.2, 0) is 13.6 Å². The van der Waals surface area contributed by atoms with Gasteiger partial charge in [-0.3, -0.25) is 9.32 Å². The Morgan fingerprint density at radius 2 is 2.21 bits per heavy atom. The number of carbonyl (C=O) groups is 1. The summed E-state index contributed by atoms with van der Waals surface area (Å²) in [4.78, 5) is 25.1. The van der Waals surface area contributed by atoms with Crippen LogP contribution in [0.2, 0.25) is 0 Å². The van der Waals surface area contributed by atoms with Crippen molar-refractivity contribution in [3.8, 4) is 0 Å². The zero-order chi connectivity index (χ0) is 14.0. The van der Waals surface area contributed by atoms with Crippen molar-refractivity contribution in [2.75, 3.05) is 7.05 Å². The number of carbonyl (C=O) groups excluding carboxylic acids is 1. The van der Waals surface area contributed by atoms with Gasteiger partial charge in [0.05, 0.1) is 0 Å². The molecular weight excluding hydrogens is 246 g/mol. The molecule has 1 N–H and O–H groups in total. The number of aryl methyl sites for hydroxylation is 2. The molecule has 1 aromatic heterocycles. The Hall–Kier alpha value is -2.37. The predicted octanol–water partition coefficient (Wildman–Crippen LogP) is 0.373. The van der Waals surface area contributed by atoms with Crippen molar-refractivity contribution in [2.45, 2.75) is 13.5 Å². The molecule has 0 saturated heterocycles. The van der Waals surface area contributed by atoms with Crippen LogP contribution in [0.3, 0.4) is 0 Å². The van der Waals surface area contributed by atoms with Gasteiger partial charge in [0, 0.05) is 12.6 Å². The average Bonchev–Trinajstić information content (AvgIpc) is 2.69. The highest BCUT2D eigenvalue weighted by atomic mass is 16.5. The van der Waals surface area contributed by atoms with Crippen molar-refractivity contribution in [1.82, 2.24) is 10.2 Å². The Balaban J connectivity index is 2.19. The molecule has 100 valence electrons. The largest absolute Gasteiger partial charge is 0.431 e. The quantitative estimate of drug-likeness (QED) is 0.813. The summed E-state index contributed by atoms with van der Waals surface area (Å²) in [6.45, 7) is 2.12. The first-order valence-electron chi connectivity index (χ1n) is 5.87. The van der Waals surface area contributed by atoms with Crippen LogP contribution in [0.1, 0.15) is 21.6 Å². The summed E-state index contributed by atoms with van der Waals surface area (Å²) in [5.41, 5.74) is 1.55. The van der Waals surface area contributed by atoms with Crippen LogP contribution in [0.4, 0.5) is 0 Å². The summed E-state index contributed by atoms with van der Waals surface area (Å²) in [6, 6.07) is 7.34. The molecule has 0 spiro atoms. The van der Waals surface area contributed by atoms with Gasteiger partial charge in [0.25, 0.3) is 5.91 Å². The smallest absolute Gasteiger partial charge is 0.331 e. The molecule has 2 rings (SSSR count). The third-order valence-electron chi connectivity index (χ3n) is 2.91. The number of hydrogen-bond donors (Lipinski definition) is 1. The second-order valence-corrected chi connectivity index (χ2v) is 4.52. The first-order valence-corrected chi connectivity index (χ1v) is 5.87. The van der Waals surface area contributed by atoms with E-state index in [0.717, 1.165) is 5.56 Å². The molecule has 19 heavy (non-hydrogen) atoms. The molecule has 1 amide bonds. The number of nitrogens with zero attached hydrogens (tertiary/aromatic N) is 2. The average molecular weight is 262 g/mol. The fourth-order valence-corrected chi connectivity index (χ4v) is 1.83. The van der Waals surface area contributed by atoms with Crippen molar-refractivity contribution in [3.05, 3.63) is 51.5 Å². The molecule has 6 heteroatoms. The van der Waals surface area contributed by atoms with E-state index < -0.39 is 5.63 Å². The van der Waals surface area contributed by atoms with Gasteiger partial charge in [0.15, 0.2) is 7.05 Å². The summed E-state index contributed by atoms with van der Waals surface area (Å²) in [7, 11) is 3.31. The molecule has 0 saturated carbocycles.